The van der Waals surface area contributed by atoms with E-state index in [4.69, 9.17) is 5.73 Å². The maximum absolute atomic E-state index is 13.4. The number of carbonyl (C=O) groups is 1. The first-order chi connectivity index (χ1) is 18.2. The maximum Gasteiger partial charge on any atom is 0.400 e. The minimum atomic E-state index is -5.41. The van der Waals surface area contributed by atoms with E-state index in [-0.39, 0.29) is 17.5 Å². The van der Waals surface area contributed by atoms with Crippen LogP contribution < -0.4 is 11.3 Å². The summed E-state index contributed by atoms with van der Waals surface area (Å²) in [5, 5.41) is 0. The van der Waals surface area contributed by atoms with Crippen LogP contribution in [0.15, 0.2) is 65.5 Å². The summed E-state index contributed by atoms with van der Waals surface area (Å²) in [7, 11) is 0. The highest BCUT2D eigenvalue weighted by atomic mass is 19.4. The average Bonchev–Trinajstić information content (AvgIpc) is 2.86. The second-order valence-corrected chi connectivity index (χ2v) is 8.94. The molecule has 5 nitrogen and oxygen atoms in total. The molecule has 3 aromatic rings. The Bertz CT molecular complexity index is 1220. The lowest BCUT2D eigenvalue weighted by molar-refractivity contribution is -0.283. The summed E-state index contributed by atoms with van der Waals surface area (Å²) < 4.78 is 71.9. The van der Waals surface area contributed by atoms with Gasteiger partial charge in [0.05, 0.1) is 11.7 Å². The number of aromatic nitrogens is 2. The molecule has 0 radical (unpaired) electrons. The van der Waals surface area contributed by atoms with Crippen molar-refractivity contribution in [3.8, 4) is 0 Å². The molecule has 0 atom stereocenters. The second kappa shape index (κ2) is 13.4. The molecule has 3 rings (SSSR count). The molecule has 2 N–H and O–H groups in total. The fourth-order valence-corrected chi connectivity index (χ4v) is 4.14. The molecule has 0 fully saturated rings. The molecule has 1 heterocycles. The molecule has 0 saturated carbocycles. The van der Waals surface area contributed by atoms with Gasteiger partial charge in [0.25, 0.3) is 5.56 Å². The van der Waals surface area contributed by atoms with E-state index >= 15 is 0 Å². The van der Waals surface area contributed by atoms with Crippen molar-refractivity contribution in [1.29, 1.82) is 0 Å². The fraction of sp³-hybridized carbons (Fsp3) is 0.393. The molecular formula is C28H31F6N3O2. The number of ketones is 1. The summed E-state index contributed by atoms with van der Waals surface area (Å²) in [6.45, 7) is 4.77. The zero-order valence-electron chi connectivity index (χ0n) is 21.8. The summed E-state index contributed by atoms with van der Waals surface area (Å²) in [6, 6.07) is 19.7. The van der Waals surface area contributed by atoms with Crippen LogP contribution >= 0.6 is 0 Å². The van der Waals surface area contributed by atoms with Gasteiger partial charge in [-0.25, -0.2) is 4.98 Å². The van der Waals surface area contributed by atoms with Crippen molar-refractivity contribution >= 4 is 11.7 Å². The topological polar surface area (TPSA) is 78.0 Å². The number of aryl methyl sites for hydroxylation is 1. The van der Waals surface area contributed by atoms with Crippen LogP contribution in [-0.2, 0) is 17.6 Å². The van der Waals surface area contributed by atoms with Crippen molar-refractivity contribution in [1.82, 2.24) is 9.55 Å². The van der Waals surface area contributed by atoms with E-state index in [0.717, 1.165) is 28.8 Å². The summed E-state index contributed by atoms with van der Waals surface area (Å²) in [4.78, 5) is 28.1. The Morgan fingerprint density at radius 1 is 0.897 bits per heavy atom. The maximum atomic E-state index is 13.4. The normalized spacial score (nSPS) is 11.9. The number of nitrogen functional groups attached to an aromatic ring is 1. The summed E-state index contributed by atoms with van der Waals surface area (Å²) in [6.07, 6.45) is -10.1. The number of carbonyl (C=O) groups excluding carboxylic acids is 1. The molecule has 0 saturated heterocycles. The number of rotatable bonds is 8. The molecule has 1 aromatic heterocycles. The zero-order chi connectivity index (χ0) is 29.4. The molecule has 0 bridgehead atoms. The number of hydrogen-bond donors (Lipinski definition) is 1. The molecule has 2 aromatic carbocycles. The van der Waals surface area contributed by atoms with Crippen LogP contribution in [0, 0.1) is 5.92 Å². The first kappa shape index (κ1) is 31.6. The molecular weight excluding hydrogens is 524 g/mol. The van der Waals surface area contributed by atoms with Crippen LogP contribution in [0.3, 0.4) is 0 Å². The Hall–Kier alpha value is -3.63. The number of nitrogens with two attached hydrogens (primary N) is 1. The largest absolute Gasteiger partial charge is 0.400 e. The Morgan fingerprint density at radius 3 is 1.69 bits per heavy atom. The van der Waals surface area contributed by atoms with Crippen LogP contribution in [0.1, 0.15) is 62.0 Å². The predicted octanol–water partition coefficient (Wildman–Crippen LogP) is 6.68. The fourth-order valence-electron chi connectivity index (χ4n) is 4.14. The lowest BCUT2D eigenvalue weighted by Crippen LogP contribution is -2.37. The van der Waals surface area contributed by atoms with Gasteiger partial charge in [0.1, 0.15) is 5.78 Å². The lowest BCUT2D eigenvalue weighted by Gasteiger charge is -2.24. The SMILES string of the molecule is CC(=O)CC(C(F)(F)F)C(F)(F)F.CCCc1c(CC)nc(N)n(C(c2ccccc2)c2ccccc2)c1=O. The summed E-state index contributed by atoms with van der Waals surface area (Å²) in [5.74, 6) is -4.42. The van der Waals surface area contributed by atoms with Gasteiger partial charge in [-0.2, -0.15) is 26.3 Å². The average molecular weight is 556 g/mol. The zero-order valence-corrected chi connectivity index (χ0v) is 21.8. The molecule has 39 heavy (non-hydrogen) atoms. The second-order valence-electron chi connectivity index (χ2n) is 8.94. The van der Waals surface area contributed by atoms with Crippen molar-refractivity contribution in [2.45, 2.75) is 64.8 Å². The Labute approximate surface area is 222 Å². The van der Waals surface area contributed by atoms with Crippen LogP contribution in [0.25, 0.3) is 0 Å². The minimum absolute atomic E-state index is 0.0334. The first-order valence-electron chi connectivity index (χ1n) is 12.3. The highest BCUT2D eigenvalue weighted by molar-refractivity contribution is 5.75. The first-order valence-corrected chi connectivity index (χ1v) is 12.3. The van der Waals surface area contributed by atoms with Gasteiger partial charge in [0.2, 0.25) is 5.95 Å². The van der Waals surface area contributed by atoms with Crippen LogP contribution in [-0.4, -0.2) is 27.7 Å². The Balaban J connectivity index is 0.000000349. The Kier molecular flexibility index (Phi) is 10.9. The van der Waals surface area contributed by atoms with Gasteiger partial charge in [-0.15, -0.1) is 0 Å². The van der Waals surface area contributed by atoms with E-state index in [9.17, 15) is 35.9 Å². The van der Waals surface area contributed by atoms with Crippen LogP contribution in [0.2, 0.25) is 0 Å². The highest BCUT2D eigenvalue weighted by Crippen LogP contribution is 2.41. The molecule has 0 unspecified atom stereocenters. The quantitative estimate of drug-likeness (QED) is 0.315. The van der Waals surface area contributed by atoms with Gasteiger partial charge in [-0.3, -0.25) is 9.36 Å². The number of benzene rings is 2. The third kappa shape index (κ3) is 8.43. The van der Waals surface area contributed by atoms with E-state index in [1.807, 2.05) is 67.6 Å². The minimum Gasteiger partial charge on any atom is -0.369 e. The van der Waals surface area contributed by atoms with Crippen molar-refractivity contribution in [2.75, 3.05) is 5.73 Å². The van der Waals surface area contributed by atoms with Crippen LogP contribution in [0.4, 0.5) is 32.3 Å². The number of halogens is 6. The molecule has 212 valence electrons. The molecule has 0 amide bonds. The van der Waals surface area contributed by atoms with Gasteiger partial charge in [0.15, 0.2) is 5.92 Å². The molecule has 0 aliphatic heterocycles. The smallest absolute Gasteiger partial charge is 0.369 e. The molecule has 0 spiro atoms. The van der Waals surface area contributed by atoms with Gasteiger partial charge < -0.3 is 10.5 Å². The monoisotopic (exact) mass is 555 g/mol. The summed E-state index contributed by atoms with van der Waals surface area (Å²) in [5.41, 5.74) is 9.88. The molecule has 11 heteroatoms. The van der Waals surface area contributed by atoms with Crippen LogP contribution in [0.5, 0.6) is 0 Å². The molecule has 0 aliphatic rings. The van der Waals surface area contributed by atoms with E-state index in [1.165, 1.54) is 0 Å². The summed E-state index contributed by atoms with van der Waals surface area (Å²) >= 11 is 0. The lowest BCUT2D eigenvalue weighted by atomic mass is 9.97. The predicted molar refractivity (Wildman–Crippen MR) is 137 cm³/mol. The third-order valence-electron chi connectivity index (χ3n) is 5.93. The Morgan fingerprint density at radius 2 is 1.36 bits per heavy atom. The number of hydrogen-bond acceptors (Lipinski definition) is 4. The van der Waals surface area contributed by atoms with Gasteiger partial charge in [-0.05, 0) is 30.9 Å². The van der Waals surface area contributed by atoms with Crippen molar-refractivity contribution in [3.05, 3.63) is 93.4 Å². The van der Waals surface area contributed by atoms with Gasteiger partial charge >= 0.3 is 12.4 Å². The number of alkyl halides is 6. The van der Waals surface area contributed by atoms with E-state index < -0.39 is 30.5 Å². The van der Waals surface area contributed by atoms with E-state index in [2.05, 4.69) is 11.9 Å². The van der Waals surface area contributed by atoms with Gasteiger partial charge in [0, 0.05) is 12.0 Å². The highest BCUT2D eigenvalue weighted by Gasteiger charge is 2.56. The number of nitrogens with zero attached hydrogens (tertiary/aromatic N) is 2. The molecule has 0 aliphatic carbocycles. The van der Waals surface area contributed by atoms with E-state index in [1.54, 1.807) is 4.57 Å². The van der Waals surface area contributed by atoms with E-state index in [0.29, 0.717) is 19.8 Å². The van der Waals surface area contributed by atoms with Crippen molar-refractivity contribution < 1.29 is 31.1 Å². The van der Waals surface area contributed by atoms with Crippen molar-refractivity contribution in [2.24, 2.45) is 5.92 Å². The number of anilines is 1. The third-order valence-corrected chi connectivity index (χ3v) is 5.93. The number of Topliss-reactive ketones (excluding diaryl/α,β-unsaturated/α-hetero) is 1. The van der Waals surface area contributed by atoms with Gasteiger partial charge in [-0.1, -0.05) is 80.9 Å². The van der Waals surface area contributed by atoms with Crippen molar-refractivity contribution in [3.63, 3.8) is 0 Å². The standard InChI is InChI=1S/C22H25N3O.C6H6F6O/c1-3-11-18-19(4-2)24-22(23)25(21(18)26)20(16-12-7-5-8-13-16)17-14-9-6-10-15-17;1-3(13)2-4(5(7,8)9)6(10,11)12/h5-10,12-15,20H,3-4,11H2,1-2H3,(H2,23,24);4H,2H2,1H3.